The summed E-state index contributed by atoms with van der Waals surface area (Å²) in [6, 6.07) is 6.27. The lowest BCUT2D eigenvalue weighted by Gasteiger charge is -2.25. The first kappa shape index (κ1) is 26.3. The molecule has 2 aromatic carbocycles. The second-order valence-corrected chi connectivity index (χ2v) is 8.25. The van der Waals surface area contributed by atoms with Crippen molar-refractivity contribution < 1.29 is 40.7 Å². The zero-order valence-electron chi connectivity index (χ0n) is 19.0. The molecule has 0 heterocycles. The molecule has 1 aliphatic carbocycles. The van der Waals surface area contributed by atoms with E-state index in [9.17, 15) is 35.9 Å². The normalized spacial score (nSPS) is 15.8. The van der Waals surface area contributed by atoms with E-state index in [-0.39, 0.29) is 17.9 Å². The van der Waals surface area contributed by atoms with Gasteiger partial charge in [-0.15, -0.1) is 0 Å². The van der Waals surface area contributed by atoms with Crippen molar-refractivity contribution >= 4 is 18.0 Å². The SMILES string of the molecule is CCC(=O)/C=C/c1ccc2c(c1)CCC2N(C)C(=O)OCc1cc(C(F)(F)F)cc(C(F)(F)F)c1. The number of carbonyl (C=O) groups excluding carboxylic acids is 2. The van der Waals surface area contributed by atoms with E-state index in [2.05, 4.69) is 0 Å². The van der Waals surface area contributed by atoms with E-state index in [0.717, 1.165) is 16.7 Å². The van der Waals surface area contributed by atoms with Crippen LogP contribution in [-0.4, -0.2) is 23.8 Å². The molecule has 1 amide bonds. The summed E-state index contributed by atoms with van der Waals surface area (Å²) >= 11 is 0. The lowest BCUT2D eigenvalue weighted by atomic mass is 10.0. The second kappa shape index (κ2) is 10.1. The molecule has 3 rings (SSSR count). The zero-order valence-corrected chi connectivity index (χ0v) is 19.0. The van der Waals surface area contributed by atoms with Crippen molar-refractivity contribution in [1.82, 2.24) is 4.90 Å². The van der Waals surface area contributed by atoms with Crippen molar-refractivity contribution in [3.05, 3.63) is 75.9 Å². The zero-order chi connectivity index (χ0) is 26.0. The van der Waals surface area contributed by atoms with Gasteiger partial charge in [0.15, 0.2) is 5.78 Å². The van der Waals surface area contributed by atoms with Crippen LogP contribution in [-0.2, 0) is 34.9 Å². The van der Waals surface area contributed by atoms with Gasteiger partial charge in [-0.3, -0.25) is 4.79 Å². The Morgan fingerprint density at radius 1 is 1.03 bits per heavy atom. The molecule has 1 atom stereocenters. The summed E-state index contributed by atoms with van der Waals surface area (Å²) in [6.45, 7) is 1.02. The second-order valence-electron chi connectivity index (χ2n) is 8.25. The Morgan fingerprint density at radius 3 is 2.23 bits per heavy atom. The van der Waals surface area contributed by atoms with Crippen LogP contribution in [0.15, 0.2) is 42.5 Å². The van der Waals surface area contributed by atoms with Crippen molar-refractivity contribution in [2.75, 3.05) is 7.05 Å². The average Bonchev–Trinajstić information content (AvgIpc) is 3.22. The highest BCUT2D eigenvalue weighted by Crippen LogP contribution is 2.38. The van der Waals surface area contributed by atoms with Crippen molar-refractivity contribution in [2.24, 2.45) is 0 Å². The Labute approximate surface area is 198 Å². The molecular weight excluding hydrogens is 476 g/mol. The van der Waals surface area contributed by atoms with Gasteiger partial charge in [-0.05, 0) is 59.4 Å². The molecule has 35 heavy (non-hydrogen) atoms. The molecule has 0 bridgehead atoms. The Hall–Kier alpha value is -3.30. The van der Waals surface area contributed by atoms with E-state index < -0.39 is 41.7 Å². The van der Waals surface area contributed by atoms with Crippen molar-refractivity contribution in [3.8, 4) is 0 Å². The van der Waals surface area contributed by atoms with E-state index >= 15 is 0 Å². The summed E-state index contributed by atoms with van der Waals surface area (Å²) < 4.78 is 83.3. The number of hydrogen-bond donors (Lipinski definition) is 0. The van der Waals surface area contributed by atoms with Crippen LogP contribution in [0.1, 0.15) is 59.2 Å². The number of rotatable bonds is 6. The van der Waals surface area contributed by atoms with Gasteiger partial charge in [0.1, 0.15) is 6.61 Å². The number of benzene rings is 2. The Bertz CT molecular complexity index is 1100. The number of alkyl halides is 6. The lowest BCUT2D eigenvalue weighted by molar-refractivity contribution is -0.143. The molecule has 0 radical (unpaired) electrons. The maximum atomic E-state index is 13.0. The molecule has 10 heteroatoms. The summed E-state index contributed by atoms with van der Waals surface area (Å²) in [5, 5.41) is 0. The van der Waals surface area contributed by atoms with E-state index in [1.165, 1.54) is 18.0 Å². The maximum absolute atomic E-state index is 13.0. The van der Waals surface area contributed by atoms with E-state index in [4.69, 9.17) is 4.74 Å². The Morgan fingerprint density at radius 2 is 1.66 bits per heavy atom. The number of halogens is 6. The molecule has 0 aromatic heterocycles. The van der Waals surface area contributed by atoms with Crippen molar-refractivity contribution in [2.45, 2.75) is 51.2 Å². The first-order valence-corrected chi connectivity index (χ1v) is 10.8. The van der Waals surface area contributed by atoms with Gasteiger partial charge in [-0.2, -0.15) is 26.3 Å². The quantitative estimate of drug-likeness (QED) is 0.319. The number of allylic oxidation sites excluding steroid dienone is 1. The van der Waals surface area contributed by atoms with Gasteiger partial charge in [0, 0.05) is 13.5 Å². The monoisotopic (exact) mass is 499 g/mol. The van der Waals surface area contributed by atoms with Crippen LogP contribution in [0.5, 0.6) is 0 Å². The Kier molecular flexibility index (Phi) is 7.62. The van der Waals surface area contributed by atoms with E-state index in [1.807, 2.05) is 12.1 Å². The van der Waals surface area contributed by atoms with E-state index in [1.54, 1.807) is 19.1 Å². The van der Waals surface area contributed by atoms with Crippen LogP contribution in [0.2, 0.25) is 0 Å². The molecule has 0 saturated carbocycles. The van der Waals surface area contributed by atoms with Gasteiger partial charge in [-0.1, -0.05) is 31.2 Å². The summed E-state index contributed by atoms with van der Waals surface area (Å²) in [7, 11) is 1.46. The first-order chi connectivity index (χ1) is 16.3. The number of ketones is 1. The van der Waals surface area contributed by atoms with Gasteiger partial charge < -0.3 is 9.64 Å². The summed E-state index contributed by atoms with van der Waals surface area (Å²) in [6.07, 6.45) is -6.00. The van der Waals surface area contributed by atoms with E-state index in [0.29, 0.717) is 31.4 Å². The van der Waals surface area contributed by atoms with Gasteiger partial charge in [0.2, 0.25) is 0 Å². The maximum Gasteiger partial charge on any atom is 0.416 e. The van der Waals surface area contributed by atoms with Crippen LogP contribution in [0.4, 0.5) is 31.1 Å². The van der Waals surface area contributed by atoms with Crippen LogP contribution in [0.25, 0.3) is 6.08 Å². The molecule has 188 valence electrons. The summed E-state index contributed by atoms with van der Waals surface area (Å²) in [4.78, 5) is 25.3. The molecule has 0 N–H and O–H groups in total. The highest BCUT2D eigenvalue weighted by atomic mass is 19.4. The number of amides is 1. The van der Waals surface area contributed by atoms with Gasteiger partial charge in [0.25, 0.3) is 0 Å². The average molecular weight is 499 g/mol. The molecule has 1 aliphatic rings. The highest BCUT2D eigenvalue weighted by Gasteiger charge is 2.37. The van der Waals surface area contributed by atoms with Gasteiger partial charge >= 0.3 is 18.4 Å². The third-order valence-corrected chi connectivity index (χ3v) is 5.79. The number of nitrogens with zero attached hydrogens (tertiary/aromatic N) is 1. The molecule has 0 spiro atoms. The molecular formula is C25H23F6NO3. The standard InChI is InChI=1S/C25H23F6NO3/c1-3-20(33)7-4-15-5-8-21-17(10-15)6-9-22(21)32(2)23(34)35-14-16-11-18(24(26,27)28)13-19(12-16)25(29,30)31/h4-5,7-8,10-13,22H,3,6,9,14H2,1-2H3/b7-4+. The molecule has 4 nitrogen and oxygen atoms in total. The minimum atomic E-state index is -4.98. The van der Waals surface area contributed by atoms with Crippen molar-refractivity contribution in [3.63, 3.8) is 0 Å². The van der Waals surface area contributed by atoms with Crippen LogP contribution < -0.4 is 0 Å². The van der Waals surface area contributed by atoms with Crippen LogP contribution in [0.3, 0.4) is 0 Å². The minimum Gasteiger partial charge on any atom is -0.445 e. The summed E-state index contributed by atoms with van der Waals surface area (Å²) in [5.74, 6) is -0.00558. The first-order valence-electron chi connectivity index (χ1n) is 10.8. The number of aryl methyl sites for hydroxylation is 1. The molecule has 0 fully saturated rings. The Balaban J connectivity index is 1.71. The fourth-order valence-corrected chi connectivity index (χ4v) is 3.90. The topological polar surface area (TPSA) is 46.6 Å². The number of hydrogen-bond acceptors (Lipinski definition) is 3. The van der Waals surface area contributed by atoms with Crippen LogP contribution >= 0.6 is 0 Å². The number of ether oxygens (including phenoxy) is 1. The van der Waals surface area contributed by atoms with Gasteiger partial charge in [-0.25, -0.2) is 4.79 Å². The molecule has 0 saturated heterocycles. The lowest BCUT2D eigenvalue weighted by Crippen LogP contribution is -2.30. The minimum absolute atomic E-state index is 0.00558. The highest BCUT2D eigenvalue weighted by molar-refractivity contribution is 5.93. The molecule has 1 unspecified atom stereocenters. The third-order valence-electron chi connectivity index (χ3n) is 5.79. The fraction of sp³-hybridized carbons (Fsp3) is 0.360. The predicted octanol–water partition coefficient (Wildman–Crippen LogP) is 6.97. The van der Waals surface area contributed by atoms with Crippen LogP contribution in [0, 0.1) is 0 Å². The largest absolute Gasteiger partial charge is 0.445 e. The van der Waals surface area contributed by atoms with Crippen molar-refractivity contribution in [1.29, 1.82) is 0 Å². The molecule has 0 aliphatic heterocycles. The predicted molar refractivity (Wildman–Crippen MR) is 116 cm³/mol. The third kappa shape index (κ3) is 6.43. The number of carbonyl (C=O) groups is 2. The smallest absolute Gasteiger partial charge is 0.416 e. The molecule has 2 aromatic rings. The van der Waals surface area contributed by atoms with Gasteiger partial charge in [0.05, 0.1) is 17.2 Å². The fourth-order valence-electron chi connectivity index (χ4n) is 3.90. The summed E-state index contributed by atoms with van der Waals surface area (Å²) in [5.41, 5.74) is -0.681. The number of fused-ring (bicyclic) bond motifs is 1.